The Hall–Kier alpha value is -1.06. The average molecular weight is 171 g/mol. The minimum atomic E-state index is -0.972. The lowest BCUT2D eigenvalue weighted by molar-refractivity contribution is -0.147. The summed E-state index contributed by atoms with van der Waals surface area (Å²) >= 11 is 0. The first-order valence-corrected chi connectivity index (χ1v) is 4.16. The fourth-order valence-electron chi connectivity index (χ4n) is 1.69. The van der Waals surface area contributed by atoms with E-state index in [9.17, 15) is 9.59 Å². The lowest BCUT2D eigenvalue weighted by Crippen LogP contribution is -2.52. The second kappa shape index (κ2) is 3.56. The Labute approximate surface area is 71.0 Å². The van der Waals surface area contributed by atoms with Crippen LogP contribution in [0.15, 0.2) is 0 Å². The second-order valence-corrected chi connectivity index (χ2v) is 3.21. The van der Waals surface area contributed by atoms with Crippen LogP contribution in [-0.2, 0) is 9.59 Å². The molecule has 1 aliphatic rings. The molecule has 0 radical (unpaired) electrons. The summed E-state index contributed by atoms with van der Waals surface area (Å²) in [6, 6.07) is 0. The van der Waals surface area contributed by atoms with Crippen molar-refractivity contribution in [3.8, 4) is 0 Å². The maximum Gasteiger partial charge on any atom is 0.329 e. The summed E-state index contributed by atoms with van der Waals surface area (Å²) in [6.45, 7) is 0. The molecule has 68 valence electrons. The molecule has 0 saturated heterocycles. The van der Waals surface area contributed by atoms with Gasteiger partial charge in [-0.05, 0) is 12.8 Å². The van der Waals surface area contributed by atoms with Gasteiger partial charge < -0.3 is 10.4 Å². The van der Waals surface area contributed by atoms with Crippen LogP contribution in [0.3, 0.4) is 0 Å². The highest BCUT2D eigenvalue weighted by Crippen LogP contribution is 2.27. The van der Waals surface area contributed by atoms with Crippen molar-refractivity contribution in [3.05, 3.63) is 0 Å². The van der Waals surface area contributed by atoms with Crippen molar-refractivity contribution in [2.75, 3.05) is 0 Å². The maximum atomic E-state index is 10.8. The summed E-state index contributed by atoms with van der Waals surface area (Å²) in [6.07, 6.45) is 4.43. The van der Waals surface area contributed by atoms with Gasteiger partial charge in [0, 0.05) is 0 Å². The average Bonchev–Trinajstić information content (AvgIpc) is 2.06. The molecule has 1 rings (SSSR count). The van der Waals surface area contributed by atoms with Gasteiger partial charge >= 0.3 is 5.97 Å². The molecule has 0 spiro atoms. The van der Waals surface area contributed by atoms with E-state index >= 15 is 0 Å². The molecular weight excluding hydrogens is 158 g/mol. The number of rotatable bonds is 3. The summed E-state index contributed by atoms with van der Waals surface area (Å²) in [5.74, 6) is -0.908. The summed E-state index contributed by atoms with van der Waals surface area (Å²) in [7, 11) is 0. The number of nitrogens with one attached hydrogen (secondary N) is 1. The summed E-state index contributed by atoms with van der Waals surface area (Å²) in [5, 5.41) is 11.3. The Morgan fingerprint density at radius 2 is 1.92 bits per heavy atom. The van der Waals surface area contributed by atoms with Crippen LogP contribution in [0.4, 0.5) is 0 Å². The van der Waals surface area contributed by atoms with Crippen molar-refractivity contribution < 1.29 is 14.7 Å². The molecule has 0 aromatic heterocycles. The van der Waals surface area contributed by atoms with Gasteiger partial charge in [-0.25, -0.2) is 4.79 Å². The van der Waals surface area contributed by atoms with E-state index in [-0.39, 0.29) is 0 Å². The zero-order chi connectivity index (χ0) is 9.03. The van der Waals surface area contributed by atoms with Gasteiger partial charge in [0.25, 0.3) is 0 Å². The molecule has 4 nitrogen and oxygen atoms in total. The number of carboxylic acid groups (broad SMARTS) is 1. The molecule has 0 bridgehead atoms. The van der Waals surface area contributed by atoms with E-state index in [0.29, 0.717) is 19.3 Å². The van der Waals surface area contributed by atoms with E-state index in [1.807, 2.05) is 0 Å². The van der Waals surface area contributed by atoms with Crippen LogP contribution < -0.4 is 5.32 Å². The fraction of sp³-hybridized carbons (Fsp3) is 0.750. The first kappa shape index (κ1) is 9.03. The molecule has 4 heteroatoms. The van der Waals surface area contributed by atoms with Crippen molar-refractivity contribution in [2.24, 2.45) is 0 Å². The second-order valence-electron chi connectivity index (χ2n) is 3.21. The molecule has 1 amide bonds. The topological polar surface area (TPSA) is 66.4 Å². The smallest absolute Gasteiger partial charge is 0.329 e. The molecule has 0 heterocycles. The lowest BCUT2D eigenvalue weighted by Gasteiger charge is -2.32. The Morgan fingerprint density at radius 3 is 2.33 bits per heavy atom. The Balaban J connectivity index is 2.69. The monoisotopic (exact) mass is 171 g/mol. The molecule has 0 aromatic rings. The Bertz CT molecular complexity index is 185. The Kier molecular flexibility index (Phi) is 2.68. The molecule has 0 atom stereocenters. The Morgan fingerprint density at radius 1 is 1.33 bits per heavy atom. The van der Waals surface area contributed by atoms with Crippen molar-refractivity contribution in [3.63, 3.8) is 0 Å². The van der Waals surface area contributed by atoms with Crippen molar-refractivity contribution in [2.45, 2.75) is 37.6 Å². The molecule has 0 unspecified atom stereocenters. The van der Waals surface area contributed by atoms with Crippen molar-refractivity contribution >= 4 is 12.4 Å². The van der Waals surface area contributed by atoms with Crippen LogP contribution in [0.2, 0.25) is 0 Å². The standard InChI is InChI=1S/C8H13NO3/c10-6-9-8(7(11)12)4-2-1-3-5-8/h6H,1-5H2,(H,9,10)(H,11,12). The van der Waals surface area contributed by atoms with E-state index in [1.165, 1.54) is 0 Å². The molecule has 2 N–H and O–H groups in total. The number of hydrogen-bond donors (Lipinski definition) is 2. The number of carbonyl (C=O) groups is 2. The number of carboxylic acids is 1. The maximum absolute atomic E-state index is 10.8. The minimum absolute atomic E-state index is 0.486. The molecule has 1 saturated carbocycles. The first-order chi connectivity index (χ1) is 5.71. The summed E-state index contributed by atoms with van der Waals surface area (Å²) in [4.78, 5) is 21.1. The van der Waals surface area contributed by atoms with Gasteiger partial charge in [0.1, 0.15) is 5.54 Å². The molecular formula is C8H13NO3. The molecule has 0 aliphatic heterocycles. The highest BCUT2D eigenvalue weighted by Gasteiger charge is 2.38. The first-order valence-electron chi connectivity index (χ1n) is 4.16. The van der Waals surface area contributed by atoms with Crippen LogP contribution in [0, 0.1) is 0 Å². The van der Waals surface area contributed by atoms with Gasteiger partial charge in [-0.2, -0.15) is 0 Å². The van der Waals surface area contributed by atoms with Crippen LogP contribution in [-0.4, -0.2) is 23.0 Å². The third-order valence-electron chi connectivity index (χ3n) is 2.45. The zero-order valence-electron chi connectivity index (χ0n) is 6.88. The molecule has 0 aromatic carbocycles. The predicted molar refractivity (Wildman–Crippen MR) is 42.7 cm³/mol. The lowest BCUT2D eigenvalue weighted by atomic mass is 9.82. The van der Waals surface area contributed by atoms with Crippen LogP contribution >= 0.6 is 0 Å². The van der Waals surface area contributed by atoms with Gasteiger partial charge in [-0.15, -0.1) is 0 Å². The third kappa shape index (κ3) is 1.57. The zero-order valence-corrected chi connectivity index (χ0v) is 6.88. The highest BCUT2D eigenvalue weighted by molar-refractivity contribution is 5.81. The van der Waals surface area contributed by atoms with E-state index in [4.69, 9.17) is 5.11 Å². The third-order valence-corrected chi connectivity index (χ3v) is 2.45. The fourth-order valence-corrected chi connectivity index (χ4v) is 1.69. The van der Waals surface area contributed by atoms with Crippen LogP contribution in [0.25, 0.3) is 0 Å². The van der Waals surface area contributed by atoms with E-state index in [2.05, 4.69) is 5.32 Å². The number of carbonyl (C=O) groups excluding carboxylic acids is 1. The summed E-state index contributed by atoms with van der Waals surface area (Å²) in [5.41, 5.74) is -0.972. The van der Waals surface area contributed by atoms with Crippen LogP contribution in [0.1, 0.15) is 32.1 Å². The normalized spacial score (nSPS) is 21.3. The van der Waals surface area contributed by atoms with Gasteiger partial charge in [-0.3, -0.25) is 4.79 Å². The molecule has 1 aliphatic carbocycles. The summed E-state index contributed by atoms with van der Waals surface area (Å²) < 4.78 is 0. The van der Waals surface area contributed by atoms with Gasteiger partial charge in [0.15, 0.2) is 0 Å². The highest BCUT2D eigenvalue weighted by atomic mass is 16.4. The number of aliphatic carboxylic acids is 1. The van der Waals surface area contributed by atoms with Gasteiger partial charge in [0.05, 0.1) is 0 Å². The molecule has 1 fully saturated rings. The van der Waals surface area contributed by atoms with Crippen LogP contribution in [0.5, 0.6) is 0 Å². The minimum Gasteiger partial charge on any atom is -0.480 e. The number of hydrogen-bond acceptors (Lipinski definition) is 2. The largest absolute Gasteiger partial charge is 0.480 e. The molecule has 12 heavy (non-hydrogen) atoms. The quantitative estimate of drug-likeness (QED) is 0.608. The van der Waals surface area contributed by atoms with Gasteiger partial charge in [0.2, 0.25) is 6.41 Å². The number of amides is 1. The SMILES string of the molecule is O=CNC1(C(=O)O)CCCCC1. The predicted octanol–water partition coefficient (Wildman–Crippen LogP) is 0.520. The van der Waals surface area contributed by atoms with E-state index in [1.54, 1.807) is 0 Å². The van der Waals surface area contributed by atoms with Gasteiger partial charge in [-0.1, -0.05) is 19.3 Å². The van der Waals surface area contributed by atoms with Crippen molar-refractivity contribution in [1.29, 1.82) is 0 Å². The van der Waals surface area contributed by atoms with Crippen molar-refractivity contribution in [1.82, 2.24) is 5.32 Å². The van der Waals surface area contributed by atoms with E-state index in [0.717, 1.165) is 19.3 Å². The van der Waals surface area contributed by atoms with E-state index < -0.39 is 11.5 Å².